The molecule has 0 aromatic heterocycles. The summed E-state index contributed by atoms with van der Waals surface area (Å²) in [5, 5.41) is 10.4. The number of benzene rings is 1. The van der Waals surface area contributed by atoms with Crippen LogP contribution in [0.1, 0.15) is 43.7 Å². The molecule has 1 aliphatic carbocycles. The van der Waals surface area contributed by atoms with Gasteiger partial charge < -0.3 is 20.3 Å². The molecule has 1 aromatic rings. The highest BCUT2D eigenvalue weighted by molar-refractivity contribution is 5.50. The highest BCUT2D eigenvalue weighted by atomic mass is 19.3. The van der Waals surface area contributed by atoms with Gasteiger partial charge in [0, 0.05) is 5.56 Å². The molecule has 2 aliphatic rings. The van der Waals surface area contributed by atoms with Gasteiger partial charge in [-0.3, -0.25) is 0 Å². The Morgan fingerprint density at radius 3 is 2.62 bits per heavy atom. The predicted octanol–water partition coefficient (Wildman–Crippen LogP) is 2.95. The number of halogens is 2. The smallest absolute Gasteiger partial charge is 0.395 e. The van der Waals surface area contributed by atoms with E-state index >= 15 is 0 Å². The van der Waals surface area contributed by atoms with E-state index in [1.54, 1.807) is 12.1 Å². The van der Waals surface area contributed by atoms with Crippen LogP contribution in [-0.4, -0.2) is 17.5 Å². The van der Waals surface area contributed by atoms with Gasteiger partial charge in [-0.2, -0.15) is 0 Å². The van der Waals surface area contributed by atoms with Crippen LogP contribution in [0.25, 0.3) is 0 Å². The molecule has 0 spiro atoms. The Balaban J connectivity index is 1.82. The van der Waals surface area contributed by atoms with Gasteiger partial charge in [-0.15, -0.1) is 8.78 Å². The van der Waals surface area contributed by atoms with Crippen molar-refractivity contribution in [1.29, 1.82) is 0 Å². The largest absolute Gasteiger partial charge is 0.586 e. The van der Waals surface area contributed by atoms with Crippen molar-refractivity contribution >= 4 is 0 Å². The molecule has 0 bridgehead atoms. The Hall–Kier alpha value is -1.40. The zero-order valence-electron chi connectivity index (χ0n) is 11.6. The van der Waals surface area contributed by atoms with Gasteiger partial charge >= 0.3 is 6.29 Å². The summed E-state index contributed by atoms with van der Waals surface area (Å²) < 4.78 is 35.3. The number of para-hydroxylation sites is 1. The Labute approximate surface area is 121 Å². The molecule has 1 fully saturated rings. The summed E-state index contributed by atoms with van der Waals surface area (Å²) in [5.74, 6) is 0.00101. The number of hydrogen-bond donors (Lipinski definition) is 2. The summed E-state index contributed by atoms with van der Waals surface area (Å²) >= 11 is 0. The number of rotatable bonds is 3. The molecule has 0 saturated heterocycles. The maximum absolute atomic E-state index is 13.2. The van der Waals surface area contributed by atoms with Crippen molar-refractivity contribution in [3.8, 4) is 11.5 Å². The van der Waals surface area contributed by atoms with E-state index in [2.05, 4.69) is 9.47 Å². The molecule has 2 atom stereocenters. The molecule has 1 saturated carbocycles. The molecule has 116 valence electrons. The minimum atomic E-state index is -3.67. The van der Waals surface area contributed by atoms with E-state index in [0.29, 0.717) is 5.56 Å². The van der Waals surface area contributed by atoms with Gasteiger partial charge in [0.25, 0.3) is 0 Å². The second-order valence-corrected chi connectivity index (χ2v) is 5.76. The molecule has 0 unspecified atom stereocenters. The summed E-state index contributed by atoms with van der Waals surface area (Å²) in [4.78, 5) is 0. The SMILES string of the molecule is N[C@@H](c1cccc2c1OC(F)(F)O2)[C@H](O)C1CCCCC1. The Morgan fingerprint density at radius 1 is 1.19 bits per heavy atom. The first-order chi connectivity index (χ1) is 9.98. The maximum atomic E-state index is 13.2. The molecule has 3 N–H and O–H groups in total. The van der Waals surface area contributed by atoms with Crippen molar-refractivity contribution in [1.82, 2.24) is 0 Å². The van der Waals surface area contributed by atoms with Crippen LogP contribution in [0.4, 0.5) is 8.78 Å². The van der Waals surface area contributed by atoms with Gasteiger partial charge in [0.15, 0.2) is 11.5 Å². The van der Waals surface area contributed by atoms with E-state index in [0.717, 1.165) is 25.7 Å². The molecule has 0 amide bonds. The predicted molar refractivity (Wildman–Crippen MR) is 72.2 cm³/mol. The van der Waals surface area contributed by atoms with Crippen LogP contribution in [0.3, 0.4) is 0 Å². The quantitative estimate of drug-likeness (QED) is 0.900. The fraction of sp³-hybridized carbons (Fsp3) is 0.600. The average molecular weight is 299 g/mol. The lowest BCUT2D eigenvalue weighted by atomic mass is 9.81. The van der Waals surface area contributed by atoms with Gasteiger partial charge in [0.05, 0.1) is 12.1 Å². The zero-order chi connectivity index (χ0) is 15.0. The molecule has 1 heterocycles. The molecule has 3 rings (SSSR count). The fourth-order valence-corrected chi connectivity index (χ4v) is 3.21. The average Bonchev–Trinajstić information content (AvgIpc) is 2.80. The van der Waals surface area contributed by atoms with Gasteiger partial charge in [-0.1, -0.05) is 31.4 Å². The second-order valence-electron chi connectivity index (χ2n) is 5.76. The van der Waals surface area contributed by atoms with Gasteiger partial charge in [0.2, 0.25) is 0 Å². The van der Waals surface area contributed by atoms with E-state index in [-0.39, 0.29) is 17.4 Å². The van der Waals surface area contributed by atoms with Crippen molar-refractivity contribution in [2.75, 3.05) is 0 Å². The third-order valence-corrected chi connectivity index (χ3v) is 4.32. The lowest BCUT2D eigenvalue weighted by Gasteiger charge is -2.30. The molecule has 0 radical (unpaired) electrons. The van der Waals surface area contributed by atoms with Crippen LogP contribution in [0.15, 0.2) is 18.2 Å². The molecule has 1 aromatic carbocycles. The van der Waals surface area contributed by atoms with Crippen LogP contribution in [0.2, 0.25) is 0 Å². The molecule has 1 aliphatic heterocycles. The topological polar surface area (TPSA) is 64.7 Å². The van der Waals surface area contributed by atoms with Crippen LogP contribution >= 0.6 is 0 Å². The number of nitrogens with two attached hydrogens (primary N) is 1. The number of ether oxygens (including phenoxy) is 2. The molecular formula is C15H19F2NO3. The minimum Gasteiger partial charge on any atom is -0.395 e. The molecular weight excluding hydrogens is 280 g/mol. The number of hydrogen-bond acceptors (Lipinski definition) is 4. The Bertz CT molecular complexity index is 518. The van der Waals surface area contributed by atoms with Crippen molar-refractivity contribution < 1.29 is 23.4 Å². The zero-order valence-corrected chi connectivity index (χ0v) is 11.6. The first-order valence-corrected chi connectivity index (χ1v) is 7.30. The third kappa shape index (κ3) is 2.82. The van der Waals surface area contributed by atoms with E-state index in [1.807, 2.05) is 0 Å². The number of alkyl halides is 2. The van der Waals surface area contributed by atoms with Gasteiger partial charge in [-0.25, -0.2) is 0 Å². The van der Waals surface area contributed by atoms with Gasteiger partial charge in [-0.05, 0) is 24.8 Å². The third-order valence-electron chi connectivity index (χ3n) is 4.32. The number of fused-ring (bicyclic) bond motifs is 1. The van der Waals surface area contributed by atoms with E-state index in [1.165, 1.54) is 12.5 Å². The highest BCUT2D eigenvalue weighted by Gasteiger charge is 2.45. The van der Waals surface area contributed by atoms with Crippen molar-refractivity contribution in [2.24, 2.45) is 11.7 Å². The van der Waals surface area contributed by atoms with Crippen LogP contribution in [0.5, 0.6) is 11.5 Å². The second kappa shape index (κ2) is 5.42. The maximum Gasteiger partial charge on any atom is 0.586 e. The molecule has 21 heavy (non-hydrogen) atoms. The number of aliphatic hydroxyl groups is 1. The normalized spacial score (nSPS) is 23.8. The first-order valence-electron chi connectivity index (χ1n) is 7.30. The Morgan fingerprint density at radius 2 is 1.90 bits per heavy atom. The summed E-state index contributed by atoms with van der Waals surface area (Å²) in [5.41, 5.74) is 6.46. The Kier molecular flexibility index (Phi) is 3.75. The monoisotopic (exact) mass is 299 g/mol. The van der Waals surface area contributed by atoms with Crippen molar-refractivity contribution in [3.05, 3.63) is 23.8 Å². The van der Waals surface area contributed by atoms with E-state index in [9.17, 15) is 13.9 Å². The fourth-order valence-electron chi connectivity index (χ4n) is 3.21. The lowest BCUT2D eigenvalue weighted by molar-refractivity contribution is -0.287. The minimum absolute atomic E-state index is 0.0382. The van der Waals surface area contributed by atoms with Crippen molar-refractivity contribution in [3.63, 3.8) is 0 Å². The molecule has 4 nitrogen and oxygen atoms in total. The van der Waals surface area contributed by atoms with Crippen LogP contribution in [0, 0.1) is 5.92 Å². The van der Waals surface area contributed by atoms with Crippen LogP contribution < -0.4 is 15.2 Å². The lowest BCUT2D eigenvalue weighted by Crippen LogP contribution is -2.34. The first kappa shape index (κ1) is 14.5. The summed E-state index contributed by atoms with van der Waals surface area (Å²) in [6.07, 6.45) is 0.693. The highest BCUT2D eigenvalue weighted by Crippen LogP contribution is 2.46. The van der Waals surface area contributed by atoms with E-state index < -0.39 is 18.4 Å². The standard InChI is InChI=1S/C15H19F2NO3/c16-15(17)20-11-8-4-7-10(14(11)21-15)12(18)13(19)9-5-2-1-3-6-9/h4,7-9,12-13,19H,1-3,5-6,18H2/t12-,13+/m0/s1. The van der Waals surface area contributed by atoms with Crippen molar-refractivity contribution in [2.45, 2.75) is 50.5 Å². The van der Waals surface area contributed by atoms with Crippen LogP contribution in [-0.2, 0) is 0 Å². The number of aliphatic hydroxyl groups excluding tert-OH is 1. The summed E-state index contributed by atoms with van der Waals surface area (Å²) in [6.45, 7) is 0. The summed E-state index contributed by atoms with van der Waals surface area (Å²) in [7, 11) is 0. The summed E-state index contributed by atoms with van der Waals surface area (Å²) in [6, 6.07) is 3.81. The van der Waals surface area contributed by atoms with E-state index in [4.69, 9.17) is 5.73 Å². The molecule has 6 heteroatoms. The van der Waals surface area contributed by atoms with Gasteiger partial charge in [0.1, 0.15) is 0 Å².